The molecular weight excluding hydrogens is 353 g/mol. The molecule has 25 heavy (non-hydrogen) atoms. The van der Waals surface area contributed by atoms with Gasteiger partial charge >= 0.3 is 23.4 Å². The first-order chi connectivity index (χ1) is 11.4. The van der Waals surface area contributed by atoms with Crippen molar-refractivity contribution in [2.45, 2.75) is 56.1 Å². The molecule has 0 aromatic carbocycles. The van der Waals surface area contributed by atoms with E-state index in [4.69, 9.17) is 25.7 Å². The summed E-state index contributed by atoms with van der Waals surface area (Å²) in [4.78, 5) is 11.6. The highest BCUT2D eigenvalue weighted by molar-refractivity contribution is 7.84. The summed E-state index contributed by atoms with van der Waals surface area (Å²) >= 11 is 0. The first-order valence-electron chi connectivity index (χ1n) is 8.26. The Labute approximate surface area is 147 Å². The standard InChI is InChI=1S/C13H26BN3O7S/c1-9(12(15)4-5-12)24-25(22,23)17-7-10(3-2-6-14(20)21)13(16,8-17)11(18)19/h9-10,20-21H,2-8,15-16H2,1H3,(H,18,19)/t9-,10+,13+/m1/s1. The lowest BCUT2D eigenvalue weighted by Gasteiger charge is -2.25. The monoisotopic (exact) mass is 379 g/mol. The average molecular weight is 379 g/mol. The Morgan fingerprint density at radius 2 is 2.00 bits per heavy atom. The van der Waals surface area contributed by atoms with E-state index in [1.807, 2.05) is 0 Å². The van der Waals surface area contributed by atoms with Gasteiger partial charge in [-0.25, -0.2) is 0 Å². The van der Waals surface area contributed by atoms with Gasteiger partial charge in [0.15, 0.2) is 0 Å². The predicted molar refractivity (Wildman–Crippen MR) is 89.5 cm³/mol. The summed E-state index contributed by atoms with van der Waals surface area (Å²) in [5, 5.41) is 27.2. The molecule has 1 heterocycles. The van der Waals surface area contributed by atoms with E-state index in [9.17, 15) is 18.3 Å². The molecule has 0 unspecified atom stereocenters. The maximum absolute atomic E-state index is 12.5. The predicted octanol–water partition coefficient (Wildman–Crippen LogP) is -1.91. The summed E-state index contributed by atoms with van der Waals surface area (Å²) in [5.41, 5.74) is 9.51. The summed E-state index contributed by atoms with van der Waals surface area (Å²) in [7, 11) is -5.67. The molecule has 0 radical (unpaired) electrons. The lowest BCUT2D eigenvalue weighted by atomic mass is 9.78. The normalized spacial score (nSPS) is 30.2. The van der Waals surface area contributed by atoms with Crippen molar-refractivity contribution in [1.82, 2.24) is 4.31 Å². The summed E-state index contributed by atoms with van der Waals surface area (Å²) in [5.74, 6) is -1.96. The van der Waals surface area contributed by atoms with Gasteiger partial charge in [-0.2, -0.15) is 12.7 Å². The van der Waals surface area contributed by atoms with Crippen LogP contribution in [0.25, 0.3) is 0 Å². The second-order valence-corrected chi connectivity index (χ2v) is 8.74. The third kappa shape index (κ3) is 4.51. The van der Waals surface area contributed by atoms with Crippen molar-refractivity contribution in [3.63, 3.8) is 0 Å². The summed E-state index contributed by atoms with van der Waals surface area (Å²) in [6, 6.07) is 0. The number of nitrogens with two attached hydrogens (primary N) is 2. The SMILES string of the molecule is C[C@@H](OS(=O)(=O)N1C[C@H](CCCB(O)O)[C@](N)(C(=O)O)C1)C1(N)CC1. The Morgan fingerprint density at radius 3 is 2.48 bits per heavy atom. The van der Waals surface area contributed by atoms with Crippen molar-refractivity contribution in [2.24, 2.45) is 17.4 Å². The van der Waals surface area contributed by atoms with Gasteiger partial charge in [-0.05, 0) is 32.5 Å². The number of carboxylic acids is 1. The molecule has 144 valence electrons. The van der Waals surface area contributed by atoms with E-state index in [0.29, 0.717) is 19.3 Å². The molecule has 3 atom stereocenters. The Bertz CT molecular complexity index is 613. The van der Waals surface area contributed by atoms with Crippen molar-refractivity contribution in [1.29, 1.82) is 0 Å². The number of carbonyl (C=O) groups is 1. The lowest BCUT2D eigenvalue weighted by Crippen LogP contribution is -2.55. The smallest absolute Gasteiger partial charge is 0.451 e. The largest absolute Gasteiger partial charge is 0.480 e. The zero-order valence-electron chi connectivity index (χ0n) is 14.2. The van der Waals surface area contributed by atoms with Crippen LogP contribution in [0.3, 0.4) is 0 Å². The average Bonchev–Trinajstić information content (AvgIpc) is 3.13. The fourth-order valence-electron chi connectivity index (χ4n) is 3.09. The number of hydrogen-bond donors (Lipinski definition) is 5. The van der Waals surface area contributed by atoms with E-state index in [0.717, 1.165) is 4.31 Å². The van der Waals surface area contributed by atoms with Crippen molar-refractivity contribution in [2.75, 3.05) is 13.1 Å². The molecule has 10 nitrogen and oxygen atoms in total. The molecule has 0 aromatic rings. The van der Waals surface area contributed by atoms with Crippen molar-refractivity contribution in [3.05, 3.63) is 0 Å². The number of aliphatic carboxylic acids is 1. The van der Waals surface area contributed by atoms with Crippen LogP contribution in [0.2, 0.25) is 6.32 Å². The topological polar surface area (TPSA) is 176 Å². The van der Waals surface area contributed by atoms with Gasteiger partial charge in [0.1, 0.15) is 5.54 Å². The molecule has 2 aliphatic rings. The van der Waals surface area contributed by atoms with E-state index in [-0.39, 0.29) is 19.3 Å². The number of hydrogen-bond acceptors (Lipinski definition) is 8. The third-order valence-electron chi connectivity index (χ3n) is 5.22. The first-order valence-corrected chi connectivity index (χ1v) is 9.63. The van der Waals surface area contributed by atoms with E-state index >= 15 is 0 Å². The molecule has 1 aliphatic heterocycles. The van der Waals surface area contributed by atoms with Crippen LogP contribution in [0.15, 0.2) is 0 Å². The minimum absolute atomic E-state index is 0.0577. The van der Waals surface area contributed by atoms with Crippen LogP contribution < -0.4 is 11.5 Å². The van der Waals surface area contributed by atoms with Gasteiger partial charge in [-0.1, -0.05) is 6.42 Å². The summed E-state index contributed by atoms with van der Waals surface area (Å²) in [6.07, 6.45) is 1.26. The van der Waals surface area contributed by atoms with Crippen molar-refractivity contribution in [3.8, 4) is 0 Å². The molecule has 7 N–H and O–H groups in total. The van der Waals surface area contributed by atoms with Gasteiger partial charge in [0.25, 0.3) is 0 Å². The van der Waals surface area contributed by atoms with Crippen LogP contribution in [0.1, 0.15) is 32.6 Å². The van der Waals surface area contributed by atoms with E-state index in [2.05, 4.69) is 0 Å². The van der Waals surface area contributed by atoms with Gasteiger partial charge in [-0.15, -0.1) is 0 Å². The fourth-order valence-corrected chi connectivity index (χ4v) is 4.50. The zero-order chi connectivity index (χ0) is 19.0. The molecule has 0 aromatic heterocycles. The summed E-state index contributed by atoms with van der Waals surface area (Å²) < 4.78 is 31.0. The Balaban J connectivity index is 2.07. The van der Waals surface area contributed by atoms with Crippen molar-refractivity contribution < 1.29 is 32.5 Å². The second kappa shape index (κ2) is 7.10. The fraction of sp³-hybridized carbons (Fsp3) is 0.923. The molecular formula is C13H26BN3O7S. The number of nitrogens with zero attached hydrogens (tertiary/aromatic N) is 1. The highest BCUT2D eigenvalue weighted by atomic mass is 32.2. The Morgan fingerprint density at radius 1 is 1.40 bits per heavy atom. The lowest BCUT2D eigenvalue weighted by molar-refractivity contribution is -0.144. The minimum atomic E-state index is -4.17. The highest BCUT2D eigenvalue weighted by Gasteiger charge is 2.54. The molecule has 2 fully saturated rings. The van der Waals surface area contributed by atoms with Crippen LogP contribution >= 0.6 is 0 Å². The van der Waals surface area contributed by atoms with Gasteiger partial charge in [0.2, 0.25) is 0 Å². The van der Waals surface area contributed by atoms with E-state index < -0.39 is 53.0 Å². The quantitative estimate of drug-likeness (QED) is 0.286. The maximum Gasteiger partial charge on any atom is 0.451 e. The van der Waals surface area contributed by atoms with Crippen molar-refractivity contribution >= 4 is 23.4 Å². The zero-order valence-corrected chi connectivity index (χ0v) is 15.0. The maximum atomic E-state index is 12.5. The molecule has 12 heteroatoms. The van der Waals surface area contributed by atoms with Crippen LogP contribution in [0, 0.1) is 5.92 Å². The van der Waals surface area contributed by atoms with E-state index in [1.165, 1.54) is 0 Å². The molecule has 1 saturated heterocycles. The summed E-state index contributed by atoms with van der Waals surface area (Å²) in [6.45, 7) is 1.08. The van der Waals surface area contributed by atoms with Gasteiger partial charge in [-0.3, -0.25) is 8.98 Å². The first kappa shape index (κ1) is 20.6. The molecule has 1 saturated carbocycles. The Hall–Kier alpha value is -0.755. The van der Waals surface area contributed by atoms with Gasteiger partial charge in [0, 0.05) is 24.5 Å². The van der Waals surface area contributed by atoms with Crippen LogP contribution in [0.5, 0.6) is 0 Å². The Kier molecular flexibility index (Phi) is 5.84. The molecule has 0 bridgehead atoms. The third-order valence-corrected chi connectivity index (χ3v) is 6.67. The molecule has 0 amide bonds. The van der Waals surface area contributed by atoms with Gasteiger partial charge in [0.05, 0.1) is 6.10 Å². The molecule has 1 aliphatic carbocycles. The molecule has 0 spiro atoms. The minimum Gasteiger partial charge on any atom is -0.480 e. The van der Waals surface area contributed by atoms with Crippen LogP contribution in [-0.4, -0.2) is 71.2 Å². The number of carboxylic acid groups (broad SMARTS) is 1. The van der Waals surface area contributed by atoms with Crippen LogP contribution in [0.4, 0.5) is 0 Å². The van der Waals surface area contributed by atoms with Crippen LogP contribution in [-0.2, 0) is 19.3 Å². The number of rotatable bonds is 9. The molecule has 2 rings (SSSR count). The highest BCUT2D eigenvalue weighted by Crippen LogP contribution is 2.39. The van der Waals surface area contributed by atoms with E-state index in [1.54, 1.807) is 6.92 Å². The van der Waals surface area contributed by atoms with Gasteiger partial charge < -0.3 is 26.6 Å². The second-order valence-electron chi connectivity index (χ2n) is 7.18.